The van der Waals surface area contributed by atoms with Gasteiger partial charge in [0.2, 0.25) is 0 Å². The van der Waals surface area contributed by atoms with Crippen molar-refractivity contribution >= 4 is 28.2 Å². The van der Waals surface area contributed by atoms with Gasteiger partial charge in [-0.05, 0) is 49.4 Å². The molecule has 6 heteroatoms. The molecular weight excluding hydrogens is 353 g/mol. The predicted molar refractivity (Wildman–Crippen MR) is 98.9 cm³/mol. The first-order chi connectivity index (χ1) is 12.6. The molecule has 3 aromatic rings. The lowest BCUT2D eigenvalue weighted by Crippen LogP contribution is -2.36. The van der Waals surface area contributed by atoms with E-state index in [0.29, 0.717) is 29.6 Å². The van der Waals surface area contributed by atoms with E-state index in [1.54, 1.807) is 29.2 Å². The molecule has 1 unspecified atom stereocenters. The van der Waals surface area contributed by atoms with E-state index in [-0.39, 0.29) is 23.6 Å². The summed E-state index contributed by atoms with van der Waals surface area (Å²) in [4.78, 5) is 16.1. The second-order valence-electron chi connectivity index (χ2n) is 6.60. The zero-order valence-corrected chi connectivity index (χ0v) is 15.4. The van der Waals surface area contributed by atoms with Crippen molar-refractivity contribution in [2.45, 2.75) is 32.4 Å². The van der Waals surface area contributed by atoms with E-state index in [1.807, 2.05) is 17.5 Å². The van der Waals surface area contributed by atoms with Gasteiger partial charge in [0, 0.05) is 29.0 Å². The molecule has 1 aliphatic rings. The summed E-state index contributed by atoms with van der Waals surface area (Å²) in [5.74, 6) is -0.238. The van der Waals surface area contributed by atoms with Gasteiger partial charge in [0.15, 0.2) is 5.76 Å². The molecule has 0 aliphatic carbocycles. The normalized spacial score (nSPS) is 17.1. The average molecular weight is 373 g/mol. The standard InChI is InChI=1S/C20H20FNO3S/c1-13-17-10-14(21)6-7-18(17)25-19(13)20(23)22(11-15-4-2-8-24-15)12-16-5-3-9-26-16/h3,5-7,9-10,15H,2,4,8,11-12H2,1H3. The monoisotopic (exact) mass is 373 g/mol. The van der Waals surface area contributed by atoms with E-state index in [2.05, 4.69) is 0 Å². The molecule has 1 aliphatic heterocycles. The van der Waals surface area contributed by atoms with Crippen molar-refractivity contribution < 1.29 is 18.3 Å². The maximum absolute atomic E-state index is 13.6. The number of halogens is 1. The van der Waals surface area contributed by atoms with Gasteiger partial charge in [-0.3, -0.25) is 4.79 Å². The molecule has 3 heterocycles. The smallest absolute Gasteiger partial charge is 0.290 e. The molecule has 1 atom stereocenters. The van der Waals surface area contributed by atoms with Gasteiger partial charge in [0.25, 0.3) is 5.91 Å². The average Bonchev–Trinajstić information content (AvgIpc) is 3.37. The third-order valence-corrected chi connectivity index (χ3v) is 5.62. The lowest BCUT2D eigenvalue weighted by Gasteiger charge is -2.24. The zero-order chi connectivity index (χ0) is 18.1. The lowest BCUT2D eigenvalue weighted by molar-refractivity contribution is 0.0487. The van der Waals surface area contributed by atoms with Crippen molar-refractivity contribution in [2.24, 2.45) is 0 Å². The summed E-state index contributed by atoms with van der Waals surface area (Å²) in [7, 11) is 0. The van der Waals surface area contributed by atoms with Gasteiger partial charge in [0.05, 0.1) is 12.6 Å². The summed E-state index contributed by atoms with van der Waals surface area (Å²) in [6, 6.07) is 8.31. The van der Waals surface area contributed by atoms with Crippen molar-refractivity contribution in [3.8, 4) is 0 Å². The molecule has 1 fully saturated rings. The molecule has 1 amide bonds. The number of ether oxygens (including phenoxy) is 1. The number of rotatable bonds is 5. The summed E-state index contributed by atoms with van der Waals surface area (Å²) in [5.41, 5.74) is 1.20. The second kappa shape index (κ2) is 7.21. The predicted octanol–water partition coefficient (Wildman–Crippen LogP) is 4.76. The molecule has 0 radical (unpaired) electrons. The minimum Gasteiger partial charge on any atom is -0.451 e. The van der Waals surface area contributed by atoms with Crippen LogP contribution in [0.4, 0.5) is 4.39 Å². The number of carbonyl (C=O) groups excluding carboxylic acids is 1. The van der Waals surface area contributed by atoms with Gasteiger partial charge >= 0.3 is 0 Å². The molecule has 1 saturated heterocycles. The van der Waals surface area contributed by atoms with Crippen LogP contribution in [0.5, 0.6) is 0 Å². The number of thiophene rings is 1. The fourth-order valence-electron chi connectivity index (χ4n) is 3.38. The molecule has 0 spiro atoms. The maximum Gasteiger partial charge on any atom is 0.290 e. The first-order valence-electron chi connectivity index (χ1n) is 8.74. The van der Waals surface area contributed by atoms with Crippen molar-refractivity contribution in [3.63, 3.8) is 0 Å². The minimum atomic E-state index is -0.338. The van der Waals surface area contributed by atoms with Gasteiger partial charge in [-0.1, -0.05) is 6.07 Å². The summed E-state index contributed by atoms with van der Waals surface area (Å²) < 4.78 is 25.1. The van der Waals surface area contributed by atoms with Crippen molar-refractivity contribution in [1.29, 1.82) is 0 Å². The first-order valence-corrected chi connectivity index (χ1v) is 9.61. The number of hydrogen-bond donors (Lipinski definition) is 0. The number of amides is 1. The van der Waals surface area contributed by atoms with E-state index >= 15 is 0 Å². The highest BCUT2D eigenvalue weighted by atomic mass is 32.1. The van der Waals surface area contributed by atoms with Crippen LogP contribution in [0.2, 0.25) is 0 Å². The molecule has 2 aromatic heterocycles. The largest absolute Gasteiger partial charge is 0.451 e. The number of benzene rings is 1. The molecule has 0 bridgehead atoms. The minimum absolute atomic E-state index is 0.0565. The van der Waals surface area contributed by atoms with Gasteiger partial charge in [-0.25, -0.2) is 4.39 Å². The Morgan fingerprint density at radius 3 is 3.00 bits per heavy atom. The Bertz CT molecular complexity index is 913. The van der Waals surface area contributed by atoms with Crippen LogP contribution in [0.1, 0.15) is 33.8 Å². The highest BCUT2D eigenvalue weighted by Gasteiger charge is 2.27. The number of carbonyl (C=O) groups is 1. The fourth-order valence-corrected chi connectivity index (χ4v) is 4.10. The topological polar surface area (TPSA) is 42.7 Å². The molecule has 0 saturated carbocycles. The van der Waals surface area contributed by atoms with Crippen LogP contribution >= 0.6 is 11.3 Å². The number of hydrogen-bond acceptors (Lipinski definition) is 4. The molecule has 1 aromatic carbocycles. The number of aryl methyl sites for hydroxylation is 1. The van der Waals surface area contributed by atoms with E-state index < -0.39 is 0 Å². The Balaban J connectivity index is 1.65. The Morgan fingerprint density at radius 2 is 2.27 bits per heavy atom. The van der Waals surface area contributed by atoms with Crippen molar-refractivity contribution in [3.05, 3.63) is 57.7 Å². The Morgan fingerprint density at radius 1 is 1.38 bits per heavy atom. The fraction of sp³-hybridized carbons (Fsp3) is 0.350. The SMILES string of the molecule is Cc1c(C(=O)N(Cc2cccs2)CC2CCCO2)oc2ccc(F)cc12. The Kier molecular flexibility index (Phi) is 4.78. The quantitative estimate of drug-likeness (QED) is 0.647. The van der Waals surface area contributed by atoms with Gasteiger partial charge in [0.1, 0.15) is 11.4 Å². The van der Waals surface area contributed by atoms with Crippen LogP contribution in [-0.4, -0.2) is 30.1 Å². The maximum atomic E-state index is 13.6. The Hall–Kier alpha value is -2.18. The van der Waals surface area contributed by atoms with Crippen LogP contribution in [0, 0.1) is 12.7 Å². The molecule has 0 N–H and O–H groups in total. The molecule has 4 nitrogen and oxygen atoms in total. The third-order valence-electron chi connectivity index (χ3n) is 4.75. The van der Waals surface area contributed by atoms with Crippen LogP contribution in [0.25, 0.3) is 11.0 Å². The highest BCUT2D eigenvalue weighted by Crippen LogP contribution is 2.28. The third kappa shape index (κ3) is 3.39. The first kappa shape index (κ1) is 17.2. The molecule has 26 heavy (non-hydrogen) atoms. The zero-order valence-electron chi connectivity index (χ0n) is 14.5. The van der Waals surface area contributed by atoms with E-state index in [1.165, 1.54) is 12.1 Å². The summed E-state index contributed by atoms with van der Waals surface area (Å²) in [5, 5.41) is 2.64. The second-order valence-corrected chi connectivity index (χ2v) is 7.63. The van der Waals surface area contributed by atoms with Crippen LogP contribution < -0.4 is 0 Å². The number of furan rings is 1. The van der Waals surface area contributed by atoms with Gasteiger partial charge in [-0.15, -0.1) is 11.3 Å². The van der Waals surface area contributed by atoms with Gasteiger partial charge < -0.3 is 14.1 Å². The summed E-state index contributed by atoms with van der Waals surface area (Å²) in [6.45, 7) is 3.59. The molecular formula is C20H20FNO3S. The van der Waals surface area contributed by atoms with E-state index in [0.717, 1.165) is 24.3 Å². The summed E-state index contributed by atoms with van der Waals surface area (Å²) in [6.07, 6.45) is 2.04. The Labute approximate surface area is 155 Å². The summed E-state index contributed by atoms with van der Waals surface area (Å²) >= 11 is 1.62. The van der Waals surface area contributed by atoms with Crippen LogP contribution in [-0.2, 0) is 11.3 Å². The van der Waals surface area contributed by atoms with Crippen LogP contribution in [0.3, 0.4) is 0 Å². The van der Waals surface area contributed by atoms with Gasteiger partial charge in [-0.2, -0.15) is 0 Å². The van der Waals surface area contributed by atoms with Crippen molar-refractivity contribution in [1.82, 2.24) is 4.90 Å². The van der Waals surface area contributed by atoms with E-state index in [9.17, 15) is 9.18 Å². The number of fused-ring (bicyclic) bond motifs is 1. The van der Waals surface area contributed by atoms with Crippen LogP contribution in [0.15, 0.2) is 40.1 Å². The number of nitrogens with zero attached hydrogens (tertiary/aromatic N) is 1. The van der Waals surface area contributed by atoms with E-state index in [4.69, 9.17) is 9.15 Å². The molecule has 136 valence electrons. The molecule has 4 rings (SSSR count). The highest BCUT2D eigenvalue weighted by molar-refractivity contribution is 7.09. The van der Waals surface area contributed by atoms with Crippen molar-refractivity contribution in [2.75, 3.05) is 13.2 Å². The lowest BCUT2D eigenvalue weighted by atomic mass is 10.1.